The Bertz CT molecular complexity index is 420. The average Bonchev–Trinajstić information content (AvgIpc) is 2.37. The van der Waals surface area contributed by atoms with Gasteiger partial charge in [-0.1, -0.05) is 13.3 Å². The summed E-state index contributed by atoms with van der Waals surface area (Å²) < 4.78 is 7.27. The predicted octanol–water partition coefficient (Wildman–Crippen LogP) is 2.16. The standard InChI is InChI=1S/C12H20BrN3O2/c1-3-4-7-18-8-5-6-14-10-9-15-16(2)12(17)11(10)13/h9,14H,3-8H2,1-2H3. The van der Waals surface area contributed by atoms with E-state index in [0.717, 1.165) is 44.7 Å². The molecule has 0 saturated heterocycles. The molecule has 0 radical (unpaired) electrons. The smallest absolute Gasteiger partial charge is 0.282 e. The van der Waals surface area contributed by atoms with Crippen molar-refractivity contribution in [2.45, 2.75) is 26.2 Å². The molecule has 102 valence electrons. The fraction of sp³-hybridized carbons (Fsp3) is 0.667. The first-order chi connectivity index (χ1) is 8.66. The molecule has 1 aromatic rings. The zero-order chi connectivity index (χ0) is 13.4. The van der Waals surface area contributed by atoms with Gasteiger partial charge in [-0.2, -0.15) is 5.10 Å². The zero-order valence-electron chi connectivity index (χ0n) is 10.9. The number of unbranched alkanes of at least 4 members (excludes halogenated alkanes) is 1. The summed E-state index contributed by atoms with van der Waals surface area (Å²) >= 11 is 3.27. The fourth-order valence-corrected chi connectivity index (χ4v) is 1.88. The van der Waals surface area contributed by atoms with Crippen LogP contribution in [-0.4, -0.2) is 29.5 Å². The number of anilines is 1. The number of aromatic nitrogens is 2. The molecule has 0 aliphatic rings. The van der Waals surface area contributed by atoms with E-state index in [-0.39, 0.29) is 5.56 Å². The van der Waals surface area contributed by atoms with Gasteiger partial charge in [0.15, 0.2) is 0 Å². The lowest BCUT2D eigenvalue weighted by molar-refractivity contribution is 0.131. The van der Waals surface area contributed by atoms with E-state index in [1.807, 2.05) is 0 Å². The van der Waals surface area contributed by atoms with Crippen molar-refractivity contribution < 1.29 is 4.74 Å². The number of aryl methyl sites for hydroxylation is 1. The van der Waals surface area contributed by atoms with Crippen molar-refractivity contribution in [1.82, 2.24) is 9.78 Å². The Kier molecular flexibility index (Phi) is 6.97. The van der Waals surface area contributed by atoms with Gasteiger partial charge < -0.3 is 10.1 Å². The normalized spacial score (nSPS) is 10.6. The highest BCUT2D eigenvalue weighted by atomic mass is 79.9. The molecule has 0 fully saturated rings. The van der Waals surface area contributed by atoms with Crippen molar-refractivity contribution in [3.8, 4) is 0 Å². The minimum Gasteiger partial charge on any atom is -0.383 e. The van der Waals surface area contributed by atoms with Gasteiger partial charge in [-0.3, -0.25) is 4.79 Å². The van der Waals surface area contributed by atoms with E-state index in [9.17, 15) is 4.79 Å². The molecular formula is C12H20BrN3O2. The molecule has 0 unspecified atom stereocenters. The summed E-state index contributed by atoms with van der Waals surface area (Å²) in [6.07, 6.45) is 4.82. The Morgan fingerprint density at radius 2 is 2.17 bits per heavy atom. The van der Waals surface area contributed by atoms with E-state index in [2.05, 4.69) is 33.3 Å². The van der Waals surface area contributed by atoms with Crippen LogP contribution in [0.3, 0.4) is 0 Å². The topological polar surface area (TPSA) is 56.1 Å². The minimum absolute atomic E-state index is 0.140. The van der Waals surface area contributed by atoms with Crippen molar-refractivity contribution in [2.75, 3.05) is 25.1 Å². The van der Waals surface area contributed by atoms with E-state index in [1.165, 1.54) is 4.68 Å². The third-order valence-electron chi connectivity index (χ3n) is 2.50. The highest BCUT2D eigenvalue weighted by Gasteiger charge is 2.05. The lowest BCUT2D eigenvalue weighted by Crippen LogP contribution is -2.21. The second-order valence-electron chi connectivity index (χ2n) is 4.05. The quantitative estimate of drug-likeness (QED) is 0.746. The van der Waals surface area contributed by atoms with Crippen LogP contribution in [0.4, 0.5) is 5.69 Å². The van der Waals surface area contributed by atoms with Crippen LogP contribution < -0.4 is 10.9 Å². The first kappa shape index (κ1) is 15.2. The predicted molar refractivity (Wildman–Crippen MR) is 76.0 cm³/mol. The summed E-state index contributed by atoms with van der Waals surface area (Å²) in [4.78, 5) is 11.6. The molecule has 18 heavy (non-hydrogen) atoms. The molecule has 0 bridgehead atoms. The molecule has 0 amide bonds. The molecule has 5 nitrogen and oxygen atoms in total. The summed E-state index contributed by atoms with van der Waals surface area (Å²) in [5.74, 6) is 0. The number of nitrogens with one attached hydrogen (secondary N) is 1. The van der Waals surface area contributed by atoms with Gasteiger partial charge in [0.2, 0.25) is 0 Å². The van der Waals surface area contributed by atoms with E-state index < -0.39 is 0 Å². The molecule has 6 heteroatoms. The number of hydrogen-bond donors (Lipinski definition) is 1. The second kappa shape index (κ2) is 8.26. The molecule has 0 spiro atoms. The third-order valence-corrected chi connectivity index (χ3v) is 3.27. The molecule has 0 saturated carbocycles. The first-order valence-corrected chi connectivity index (χ1v) is 6.99. The van der Waals surface area contributed by atoms with Crippen molar-refractivity contribution >= 4 is 21.6 Å². The summed E-state index contributed by atoms with van der Waals surface area (Å²) in [5.41, 5.74) is 0.589. The van der Waals surface area contributed by atoms with Crippen LogP contribution >= 0.6 is 15.9 Å². The largest absolute Gasteiger partial charge is 0.383 e. The molecule has 1 heterocycles. The average molecular weight is 318 g/mol. The number of hydrogen-bond acceptors (Lipinski definition) is 4. The van der Waals surface area contributed by atoms with Crippen molar-refractivity contribution in [3.05, 3.63) is 21.0 Å². The van der Waals surface area contributed by atoms with Gasteiger partial charge in [0, 0.05) is 26.8 Å². The third kappa shape index (κ3) is 4.78. The van der Waals surface area contributed by atoms with Crippen LogP contribution in [0, 0.1) is 0 Å². The van der Waals surface area contributed by atoms with Crippen LogP contribution in [-0.2, 0) is 11.8 Å². The highest BCUT2D eigenvalue weighted by Crippen LogP contribution is 2.15. The summed E-state index contributed by atoms with van der Waals surface area (Å²) in [6, 6.07) is 0. The van der Waals surface area contributed by atoms with E-state index in [4.69, 9.17) is 4.74 Å². The number of nitrogens with zero attached hydrogens (tertiary/aromatic N) is 2. The maximum atomic E-state index is 11.6. The number of halogens is 1. The van der Waals surface area contributed by atoms with Crippen LogP contribution in [0.1, 0.15) is 26.2 Å². The van der Waals surface area contributed by atoms with Crippen LogP contribution in [0.5, 0.6) is 0 Å². The molecule has 0 aromatic carbocycles. The van der Waals surface area contributed by atoms with Crippen LogP contribution in [0.15, 0.2) is 15.5 Å². The lowest BCUT2D eigenvalue weighted by atomic mass is 10.3. The zero-order valence-corrected chi connectivity index (χ0v) is 12.5. The Labute approximate surface area is 116 Å². The molecule has 1 rings (SSSR count). The summed E-state index contributed by atoms with van der Waals surface area (Å²) in [6.45, 7) is 4.47. The first-order valence-electron chi connectivity index (χ1n) is 6.20. The Morgan fingerprint density at radius 1 is 1.44 bits per heavy atom. The van der Waals surface area contributed by atoms with E-state index in [1.54, 1.807) is 13.2 Å². The Balaban J connectivity index is 2.28. The van der Waals surface area contributed by atoms with Gasteiger partial charge in [-0.25, -0.2) is 4.68 Å². The lowest BCUT2D eigenvalue weighted by Gasteiger charge is -2.08. The van der Waals surface area contributed by atoms with Gasteiger partial charge >= 0.3 is 0 Å². The Morgan fingerprint density at radius 3 is 2.89 bits per heavy atom. The molecule has 0 aliphatic carbocycles. The van der Waals surface area contributed by atoms with E-state index in [0.29, 0.717) is 4.47 Å². The monoisotopic (exact) mass is 317 g/mol. The van der Waals surface area contributed by atoms with Crippen LogP contribution in [0.25, 0.3) is 0 Å². The van der Waals surface area contributed by atoms with Gasteiger partial charge in [-0.05, 0) is 28.8 Å². The summed E-state index contributed by atoms with van der Waals surface area (Å²) in [7, 11) is 1.62. The van der Waals surface area contributed by atoms with Gasteiger partial charge in [0.1, 0.15) is 4.47 Å². The SMILES string of the molecule is CCCCOCCCNc1cnn(C)c(=O)c1Br. The van der Waals surface area contributed by atoms with Crippen molar-refractivity contribution in [2.24, 2.45) is 7.05 Å². The molecule has 1 N–H and O–H groups in total. The minimum atomic E-state index is -0.140. The molecular weight excluding hydrogens is 298 g/mol. The molecule has 0 atom stereocenters. The van der Waals surface area contributed by atoms with Crippen molar-refractivity contribution in [1.29, 1.82) is 0 Å². The Hall–Kier alpha value is -0.880. The van der Waals surface area contributed by atoms with Crippen molar-refractivity contribution in [3.63, 3.8) is 0 Å². The number of rotatable bonds is 8. The summed E-state index contributed by atoms with van der Waals surface area (Å²) in [5, 5.41) is 7.13. The maximum Gasteiger partial charge on any atom is 0.282 e. The van der Waals surface area contributed by atoms with Crippen LogP contribution in [0.2, 0.25) is 0 Å². The van der Waals surface area contributed by atoms with Gasteiger partial charge in [0.25, 0.3) is 5.56 Å². The fourth-order valence-electron chi connectivity index (χ4n) is 1.38. The number of ether oxygens (including phenoxy) is 1. The maximum absolute atomic E-state index is 11.6. The second-order valence-corrected chi connectivity index (χ2v) is 4.84. The van der Waals surface area contributed by atoms with Gasteiger partial charge in [0.05, 0.1) is 11.9 Å². The molecule has 1 aromatic heterocycles. The van der Waals surface area contributed by atoms with Gasteiger partial charge in [-0.15, -0.1) is 0 Å². The van der Waals surface area contributed by atoms with E-state index >= 15 is 0 Å². The highest BCUT2D eigenvalue weighted by molar-refractivity contribution is 9.10. The molecule has 0 aliphatic heterocycles.